The van der Waals surface area contributed by atoms with Gasteiger partial charge < -0.3 is 14.4 Å². The van der Waals surface area contributed by atoms with E-state index in [1.807, 2.05) is 46.3 Å². The summed E-state index contributed by atoms with van der Waals surface area (Å²) in [4.78, 5) is 19.3. The van der Waals surface area contributed by atoms with Crippen LogP contribution >= 0.6 is 18.9 Å². The molecule has 3 aromatic rings. The average Bonchev–Trinajstić information content (AvgIpc) is 3.02. The molecule has 2 N–H and O–H groups in total. The summed E-state index contributed by atoms with van der Waals surface area (Å²) in [5, 5.41) is 3.09. The van der Waals surface area contributed by atoms with Gasteiger partial charge >= 0.3 is 7.60 Å². The van der Waals surface area contributed by atoms with Crippen molar-refractivity contribution < 1.29 is 14.4 Å². The average molecular weight is 307 g/mol. The first-order valence-electron chi connectivity index (χ1n) is 6.21. The first kappa shape index (κ1) is 13.6. The smallest absolute Gasteiger partial charge is 0.327 e. The molecule has 4 nitrogen and oxygen atoms in total. The number of hydrogen-bond acceptors (Lipinski definition) is 2. The molecule has 2 heterocycles. The van der Waals surface area contributed by atoms with Gasteiger partial charge in [-0.15, -0.1) is 11.3 Å². The lowest BCUT2D eigenvalue weighted by Crippen LogP contribution is -2.04. The zero-order valence-electron chi connectivity index (χ0n) is 10.6. The highest BCUT2D eigenvalue weighted by atomic mass is 32.1. The molecule has 0 aliphatic heterocycles. The molecule has 2 aromatic heterocycles. The minimum absolute atomic E-state index is 0.149. The summed E-state index contributed by atoms with van der Waals surface area (Å²) in [5.41, 5.74) is 2.01. The predicted octanol–water partition coefficient (Wildman–Crippen LogP) is 3.55. The highest BCUT2D eigenvalue weighted by molar-refractivity contribution is 7.51. The van der Waals surface area contributed by atoms with Crippen molar-refractivity contribution in [1.82, 2.24) is 4.57 Å². The van der Waals surface area contributed by atoms with Crippen molar-refractivity contribution in [2.45, 2.75) is 6.54 Å². The summed E-state index contributed by atoms with van der Waals surface area (Å²) >= 11 is 1.62. The summed E-state index contributed by atoms with van der Waals surface area (Å²) in [6, 6.07) is 14.0. The lowest BCUT2D eigenvalue weighted by molar-refractivity contribution is 0.370. The monoisotopic (exact) mass is 307 g/mol. The highest BCUT2D eigenvalue weighted by Crippen LogP contribution is 2.37. The Labute approximate surface area is 120 Å². The molecule has 0 amide bonds. The summed E-state index contributed by atoms with van der Waals surface area (Å²) < 4.78 is 13.1. The van der Waals surface area contributed by atoms with Crippen molar-refractivity contribution >= 4 is 29.8 Å². The Bertz CT molecular complexity index is 773. The van der Waals surface area contributed by atoms with Crippen molar-refractivity contribution in [2.75, 3.05) is 6.16 Å². The van der Waals surface area contributed by atoms with Crippen LogP contribution in [0.15, 0.2) is 47.8 Å². The molecule has 0 spiro atoms. The molecule has 0 saturated carbocycles. The predicted molar refractivity (Wildman–Crippen MR) is 82.2 cm³/mol. The van der Waals surface area contributed by atoms with Crippen LogP contribution in [0, 0.1) is 0 Å². The first-order valence-corrected chi connectivity index (χ1v) is 8.89. The largest absolute Gasteiger partial charge is 0.339 e. The lowest BCUT2D eigenvalue weighted by Gasteiger charge is -2.10. The van der Waals surface area contributed by atoms with Crippen molar-refractivity contribution in [1.29, 1.82) is 0 Å². The van der Waals surface area contributed by atoms with Crippen LogP contribution in [0.5, 0.6) is 0 Å². The Morgan fingerprint density at radius 3 is 2.65 bits per heavy atom. The molecule has 0 bridgehead atoms. The maximum absolute atomic E-state index is 11.1. The molecule has 0 radical (unpaired) electrons. The molecular weight excluding hydrogens is 293 g/mol. The summed E-state index contributed by atoms with van der Waals surface area (Å²) in [6.07, 6.45) is -0.149. The van der Waals surface area contributed by atoms with E-state index in [2.05, 4.69) is 6.07 Å². The van der Waals surface area contributed by atoms with Crippen LogP contribution in [-0.2, 0) is 11.1 Å². The van der Waals surface area contributed by atoms with Gasteiger partial charge in [-0.2, -0.15) is 0 Å². The number of hydrogen-bond donors (Lipinski definition) is 2. The number of nitrogens with zero attached hydrogens (tertiary/aromatic N) is 1. The van der Waals surface area contributed by atoms with Crippen LogP contribution in [0.25, 0.3) is 21.5 Å². The molecule has 0 aliphatic rings. The van der Waals surface area contributed by atoms with Gasteiger partial charge in [-0.05, 0) is 23.6 Å². The molecular formula is C14H14NO3PS. The van der Waals surface area contributed by atoms with Gasteiger partial charge in [-0.3, -0.25) is 4.57 Å². The van der Waals surface area contributed by atoms with Gasteiger partial charge in [-0.25, -0.2) is 0 Å². The van der Waals surface area contributed by atoms with Crippen LogP contribution in [-0.4, -0.2) is 20.5 Å². The number of rotatable bonds is 4. The Balaban J connectivity index is 2.11. The van der Waals surface area contributed by atoms with E-state index < -0.39 is 7.60 Å². The third-order valence-corrected chi connectivity index (χ3v) is 4.87. The maximum Gasteiger partial charge on any atom is 0.327 e. The summed E-state index contributed by atoms with van der Waals surface area (Å²) in [6.45, 7) is 0.311. The van der Waals surface area contributed by atoms with Crippen molar-refractivity contribution in [3.05, 3.63) is 47.8 Å². The second-order valence-electron chi connectivity index (χ2n) is 4.61. The van der Waals surface area contributed by atoms with Crippen molar-refractivity contribution in [3.63, 3.8) is 0 Å². The normalized spacial score (nSPS) is 12.1. The highest BCUT2D eigenvalue weighted by Gasteiger charge is 2.16. The molecule has 104 valence electrons. The second kappa shape index (κ2) is 5.19. The Morgan fingerprint density at radius 2 is 1.95 bits per heavy atom. The molecule has 0 fully saturated rings. The molecule has 3 rings (SSSR count). The van der Waals surface area contributed by atoms with Gasteiger partial charge in [-0.1, -0.05) is 24.3 Å². The number of fused-ring (bicyclic) bond motifs is 1. The van der Waals surface area contributed by atoms with Crippen LogP contribution in [0.3, 0.4) is 0 Å². The Kier molecular flexibility index (Phi) is 3.52. The van der Waals surface area contributed by atoms with Crippen LogP contribution in [0.4, 0.5) is 0 Å². The Morgan fingerprint density at radius 1 is 1.15 bits per heavy atom. The van der Waals surface area contributed by atoms with Gasteiger partial charge in [0.15, 0.2) is 0 Å². The standard InChI is InChI=1S/C14H14NO3PS/c16-19(17,18)8-7-15-12-5-2-1-4-11(12)10-13(15)14-6-3-9-20-14/h1-6,9-10H,7-8H2,(H2,16,17,18). The van der Waals surface area contributed by atoms with Crippen molar-refractivity contribution in [3.8, 4) is 10.6 Å². The molecule has 0 aliphatic carbocycles. The van der Waals surface area contributed by atoms with E-state index in [4.69, 9.17) is 9.79 Å². The second-order valence-corrected chi connectivity index (χ2v) is 7.33. The molecule has 6 heteroatoms. The fraction of sp³-hybridized carbons (Fsp3) is 0.143. The minimum Gasteiger partial charge on any atom is -0.339 e. The van der Waals surface area contributed by atoms with E-state index in [-0.39, 0.29) is 6.16 Å². The van der Waals surface area contributed by atoms with Gasteiger partial charge in [0.25, 0.3) is 0 Å². The van der Waals surface area contributed by atoms with E-state index in [1.54, 1.807) is 11.3 Å². The molecule has 0 saturated heterocycles. The Hall–Kier alpha value is -1.39. The number of para-hydroxylation sites is 1. The zero-order chi connectivity index (χ0) is 14.2. The van der Waals surface area contributed by atoms with Crippen LogP contribution in [0.2, 0.25) is 0 Å². The molecule has 0 atom stereocenters. The zero-order valence-corrected chi connectivity index (χ0v) is 12.3. The fourth-order valence-corrected chi connectivity index (χ4v) is 3.52. The first-order chi connectivity index (χ1) is 9.54. The van der Waals surface area contributed by atoms with Crippen LogP contribution in [0.1, 0.15) is 0 Å². The maximum atomic E-state index is 11.1. The van der Waals surface area contributed by atoms with Gasteiger partial charge in [0.1, 0.15) is 0 Å². The number of benzene rings is 1. The fourth-order valence-electron chi connectivity index (χ4n) is 2.31. The van der Waals surface area contributed by atoms with Gasteiger partial charge in [0.05, 0.1) is 16.7 Å². The quantitative estimate of drug-likeness (QED) is 0.725. The van der Waals surface area contributed by atoms with E-state index in [0.29, 0.717) is 6.54 Å². The van der Waals surface area contributed by atoms with Gasteiger partial charge in [0, 0.05) is 17.4 Å². The molecule has 20 heavy (non-hydrogen) atoms. The summed E-state index contributed by atoms with van der Waals surface area (Å²) in [7, 11) is -4.00. The van der Waals surface area contributed by atoms with E-state index >= 15 is 0 Å². The van der Waals surface area contributed by atoms with E-state index in [0.717, 1.165) is 21.5 Å². The van der Waals surface area contributed by atoms with Crippen molar-refractivity contribution in [2.24, 2.45) is 0 Å². The topological polar surface area (TPSA) is 62.5 Å². The lowest BCUT2D eigenvalue weighted by atomic mass is 10.2. The third-order valence-electron chi connectivity index (χ3n) is 3.20. The van der Waals surface area contributed by atoms with E-state index in [9.17, 15) is 4.57 Å². The number of thiophene rings is 1. The summed E-state index contributed by atoms with van der Waals surface area (Å²) in [5.74, 6) is 0. The molecule has 0 unspecified atom stereocenters. The van der Waals surface area contributed by atoms with E-state index in [1.165, 1.54) is 0 Å². The minimum atomic E-state index is -4.00. The van der Waals surface area contributed by atoms with Crippen LogP contribution < -0.4 is 0 Å². The number of aryl methyl sites for hydroxylation is 1. The van der Waals surface area contributed by atoms with Gasteiger partial charge in [0.2, 0.25) is 0 Å². The number of aromatic nitrogens is 1. The SMILES string of the molecule is O=P(O)(O)CCn1c(-c2cccs2)cc2ccccc21. The molecule has 1 aromatic carbocycles. The third kappa shape index (κ3) is 2.72.